The number of β-amino-alcohol motifs (C(OH)–C–C–N with tert-alkyl or cyclic N) is 1. The summed E-state index contributed by atoms with van der Waals surface area (Å²) in [6.07, 6.45) is -0.410. The molecular weight excluding hydrogens is 335 g/mol. The molecule has 1 N–H and O–H groups in total. The molecule has 0 saturated carbocycles. The fraction of sp³-hybridized carbons (Fsp3) is 0.647. The van der Waals surface area contributed by atoms with E-state index in [0.717, 1.165) is 26.2 Å². The Morgan fingerprint density at radius 3 is 2.13 bits per heavy atom. The molecule has 2 rings (SSSR count). The van der Waals surface area contributed by atoms with Gasteiger partial charge in [0.1, 0.15) is 0 Å². The molecule has 1 aliphatic heterocycles. The van der Waals surface area contributed by atoms with E-state index < -0.39 is 6.10 Å². The van der Waals surface area contributed by atoms with Gasteiger partial charge in [-0.2, -0.15) is 0 Å². The molecule has 0 aliphatic carbocycles. The number of para-hydroxylation sites is 1. The van der Waals surface area contributed by atoms with Crippen LogP contribution in [0, 0.1) is 0 Å². The lowest BCUT2D eigenvalue weighted by molar-refractivity contribution is -0.0563. The molecule has 1 aliphatic rings. The number of hydrogen-bond donors (Lipinski definition) is 1. The monoisotopic (exact) mass is 364 g/mol. The first-order valence-electron chi connectivity index (χ1n) is 7.78. The Kier molecular flexibility index (Phi) is 10.1. The van der Waals surface area contributed by atoms with Gasteiger partial charge in [-0.25, -0.2) is 0 Å². The number of benzene rings is 1. The van der Waals surface area contributed by atoms with Crippen LogP contribution in [0.1, 0.15) is 20.8 Å². The SMILES string of the molecule is CC(C)(C)OCC(O)CN1CCN(c2ccccc2)CC1.Cl.Cl. The summed E-state index contributed by atoms with van der Waals surface area (Å²) in [5.74, 6) is 0. The van der Waals surface area contributed by atoms with Gasteiger partial charge in [0, 0.05) is 38.4 Å². The number of ether oxygens (including phenoxy) is 1. The van der Waals surface area contributed by atoms with Gasteiger partial charge in [-0.3, -0.25) is 4.90 Å². The number of aliphatic hydroxyl groups is 1. The van der Waals surface area contributed by atoms with E-state index in [1.807, 2.05) is 26.8 Å². The third-order valence-corrected chi connectivity index (χ3v) is 3.67. The fourth-order valence-electron chi connectivity index (χ4n) is 2.52. The molecule has 0 radical (unpaired) electrons. The predicted octanol–water partition coefficient (Wildman–Crippen LogP) is 2.83. The predicted molar refractivity (Wildman–Crippen MR) is 101 cm³/mol. The zero-order valence-corrected chi connectivity index (χ0v) is 15.9. The first-order chi connectivity index (χ1) is 9.94. The number of rotatable bonds is 5. The van der Waals surface area contributed by atoms with Crippen molar-refractivity contribution in [1.29, 1.82) is 0 Å². The van der Waals surface area contributed by atoms with Crippen molar-refractivity contribution in [3.63, 3.8) is 0 Å². The second-order valence-electron chi connectivity index (χ2n) is 6.70. The Labute approximate surface area is 152 Å². The van der Waals surface area contributed by atoms with Gasteiger partial charge in [-0.1, -0.05) is 18.2 Å². The Morgan fingerprint density at radius 1 is 1.04 bits per heavy atom. The minimum Gasteiger partial charge on any atom is -0.389 e. The largest absolute Gasteiger partial charge is 0.389 e. The summed E-state index contributed by atoms with van der Waals surface area (Å²) in [7, 11) is 0. The van der Waals surface area contributed by atoms with Gasteiger partial charge >= 0.3 is 0 Å². The molecule has 23 heavy (non-hydrogen) atoms. The molecule has 1 atom stereocenters. The van der Waals surface area contributed by atoms with Gasteiger partial charge < -0.3 is 14.7 Å². The second-order valence-corrected chi connectivity index (χ2v) is 6.70. The maximum absolute atomic E-state index is 10.1. The van der Waals surface area contributed by atoms with Gasteiger partial charge in [0.05, 0.1) is 18.3 Å². The molecule has 1 fully saturated rings. The zero-order chi connectivity index (χ0) is 15.3. The molecule has 0 bridgehead atoms. The number of aliphatic hydroxyl groups excluding tert-OH is 1. The third-order valence-electron chi connectivity index (χ3n) is 3.67. The van der Waals surface area contributed by atoms with Crippen LogP contribution in [-0.2, 0) is 4.74 Å². The zero-order valence-electron chi connectivity index (χ0n) is 14.3. The quantitative estimate of drug-likeness (QED) is 0.871. The van der Waals surface area contributed by atoms with Gasteiger partial charge in [0.15, 0.2) is 0 Å². The first-order valence-corrected chi connectivity index (χ1v) is 7.78. The average molecular weight is 365 g/mol. The van der Waals surface area contributed by atoms with Gasteiger partial charge in [0.25, 0.3) is 0 Å². The van der Waals surface area contributed by atoms with Gasteiger partial charge in [-0.05, 0) is 32.9 Å². The highest BCUT2D eigenvalue weighted by Crippen LogP contribution is 2.15. The van der Waals surface area contributed by atoms with Crippen LogP contribution in [-0.4, -0.2) is 61.0 Å². The molecule has 4 nitrogen and oxygen atoms in total. The van der Waals surface area contributed by atoms with E-state index in [2.05, 4.69) is 34.1 Å². The third kappa shape index (κ3) is 8.23. The average Bonchev–Trinajstić information content (AvgIpc) is 2.46. The van der Waals surface area contributed by atoms with Crippen LogP contribution in [0.4, 0.5) is 5.69 Å². The standard InChI is InChI=1S/C17H28N2O2.2ClH/c1-17(2,3)21-14-16(20)13-18-9-11-19(12-10-18)15-7-5-4-6-8-15;;/h4-8,16,20H,9-14H2,1-3H3;2*1H. The molecule has 0 aromatic heterocycles. The Hall–Kier alpha value is -0.520. The lowest BCUT2D eigenvalue weighted by atomic mass is 10.2. The van der Waals surface area contributed by atoms with E-state index in [4.69, 9.17) is 4.74 Å². The lowest BCUT2D eigenvalue weighted by Crippen LogP contribution is -2.49. The number of hydrogen-bond acceptors (Lipinski definition) is 4. The maximum atomic E-state index is 10.1. The molecule has 1 aromatic rings. The van der Waals surface area contributed by atoms with Crippen LogP contribution >= 0.6 is 24.8 Å². The minimum absolute atomic E-state index is 0. The van der Waals surface area contributed by atoms with Crippen LogP contribution in [0.5, 0.6) is 0 Å². The smallest absolute Gasteiger partial charge is 0.0900 e. The summed E-state index contributed by atoms with van der Waals surface area (Å²) < 4.78 is 5.64. The summed E-state index contributed by atoms with van der Waals surface area (Å²) in [6.45, 7) is 11.1. The van der Waals surface area contributed by atoms with Crippen molar-refractivity contribution in [3.8, 4) is 0 Å². The Balaban J connectivity index is 0.00000242. The van der Waals surface area contributed by atoms with Crippen LogP contribution in [0.3, 0.4) is 0 Å². The first kappa shape index (κ1) is 22.5. The number of piperazine rings is 1. The molecule has 0 spiro atoms. The van der Waals surface area contributed by atoms with Crippen molar-refractivity contribution in [3.05, 3.63) is 30.3 Å². The maximum Gasteiger partial charge on any atom is 0.0900 e. The molecule has 0 amide bonds. The van der Waals surface area contributed by atoms with Crippen LogP contribution in [0.2, 0.25) is 0 Å². The number of halogens is 2. The van der Waals surface area contributed by atoms with Crippen molar-refractivity contribution in [2.24, 2.45) is 0 Å². The molecule has 1 heterocycles. The minimum atomic E-state index is -0.410. The number of nitrogens with zero attached hydrogens (tertiary/aromatic N) is 2. The number of anilines is 1. The van der Waals surface area contributed by atoms with Gasteiger partial charge in [-0.15, -0.1) is 24.8 Å². The molecular formula is C17H30Cl2N2O2. The van der Waals surface area contributed by atoms with Crippen molar-refractivity contribution < 1.29 is 9.84 Å². The molecule has 6 heteroatoms. The summed E-state index contributed by atoms with van der Waals surface area (Å²) in [6, 6.07) is 10.5. The van der Waals surface area contributed by atoms with Crippen LogP contribution in [0.15, 0.2) is 30.3 Å². The van der Waals surface area contributed by atoms with E-state index >= 15 is 0 Å². The molecule has 1 unspecified atom stereocenters. The van der Waals surface area contributed by atoms with E-state index in [0.29, 0.717) is 13.2 Å². The summed E-state index contributed by atoms with van der Waals surface area (Å²) >= 11 is 0. The van der Waals surface area contributed by atoms with E-state index in [9.17, 15) is 5.11 Å². The molecule has 134 valence electrons. The lowest BCUT2D eigenvalue weighted by Gasteiger charge is -2.37. The van der Waals surface area contributed by atoms with Crippen LogP contribution < -0.4 is 4.90 Å². The summed E-state index contributed by atoms with van der Waals surface area (Å²) in [4.78, 5) is 4.71. The van der Waals surface area contributed by atoms with E-state index in [1.54, 1.807) is 0 Å². The topological polar surface area (TPSA) is 35.9 Å². The van der Waals surface area contributed by atoms with E-state index in [1.165, 1.54) is 5.69 Å². The van der Waals surface area contributed by atoms with Gasteiger partial charge in [0.2, 0.25) is 0 Å². The highest BCUT2D eigenvalue weighted by atomic mass is 35.5. The highest BCUT2D eigenvalue weighted by molar-refractivity contribution is 5.85. The van der Waals surface area contributed by atoms with Crippen molar-refractivity contribution in [2.45, 2.75) is 32.5 Å². The van der Waals surface area contributed by atoms with Crippen LogP contribution in [0.25, 0.3) is 0 Å². The normalized spacial score (nSPS) is 17.1. The van der Waals surface area contributed by atoms with Crippen molar-refractivity contribution in [2.75, 3.05) is 44.2 Å². The summed E-state index contributed by atoms with van der Waals surface area (Å²) in [5.41, 5.74) is 1.10. The van der Waals surface area contributed by atoms with Crippen molar-refractivity contribution >= 4 is 30.5 Å². The Bertz CT molecular complexity index is 418. The highest BCUT2D eigenvalue weighted by Gasteiger charge is 2.20. The fourth-order valence-corrected chi connectivity index (χ4v) is 2.52. The van der Waals surface area contributed by atoms with E-state index in [-0.39, 0.29) is 30.4 Å². The molecule has 1 aromatic carbocycles. The summed E-state index contributed by atoms with van der Waals surface area (Å²) in [5, 5.41) is 10.1. The Morgan fingerprint density at radius 2 is 1.61 bits per heavy atom. The van der Waals surface area contributed by atoms with Crippen molar-refractivity contribution in [1.82, 2.24) is 4.90 Å². The second kappa shape index (κ2) is 10.4. The molecule has 1 saturated heterocycles.